The SMILES string of the molecule is CN=C(NCCc1c[nH]c2cc(F)ccc12)NCc1cc2c(cc1OC(F)F)OCO2.I. The van der Waals surface area contributed by atoms with E-state index in [0.717, 1.165) is 16.5 Å². The number of hydrogen-bond acceptors (Lipinski definition) is 4. The van der Waals surface area contributed by atoms with Crippen LogP contribution in [0.1, 0.15) is 11.1 Å². The van der Waals surface area contributed by atoms with Crippen LogP contribution in [-0.2, 0) is 13.0 Å². The standard InChI is InChI=1S/C21H21F3N4O3.HI/c1-25-21(26-5-4-12-9-27-16-7-14(22)2-3-15(12)16)28-10-13-6-18-19(30-11-29-18)8-17(13)31-20(23)24;/h2-3,6-9,20,27H,4-5,10-11H2,1H3,(H2,25,26,28);1H. The number of alkyl halides is 2. The van der Waals surface area contributed by atoms with E-state index in [0.29, 0.717) is 36.0 Å². The molecule has 0 unspecified atom stereocenters. The first kappa shape index (κ1) is 23.8. The molecule has 1 aliphatic rings. The highest BCUT2D eigenvalue weighted by Crippen LogP contribution is 2.38. The van der Waals surface area contributed by atoms with Crippen molar-refractivity contribution in [2.24, 2.45) is 4.99 Å². The first-order valence-electron chi connectivity index (χ1n) is 9.61. The van der Waals surface area contributed by atoms with E-state index >= 15 is 0 Å². The molecule has 0 fully saturated rings. The summed E-state index contributed by atoms with van der Waals surface area (Å²) in [6.07, 6.45) is 2.53. The lowest BCUT2D eigenvalue weighted by atomic mass is 10.1. The number of benzene rings is 2. The zero-order valence-electron chi connectivity index (χ0n) is 17.1. The summed E-state index contributed by atoms with van der Waals surface area (Å²) >= 11 is 0. The maximum atomic E-state index is 13.3. The molecule has 172 valence electrons. The molecule has 11 heteroatoms. The zero-order valence-corrected chi connectivity index (χ0v) is 19.4. The fraction of sp³-hybridized carbons (Fsp3) is 0.286. The van der Waals surface area contributed by atoms with Crippen molar-refractivity contribution in [2.75, 3.05) is 20.4 Å². The normalized spacial score (nSPS) is 12.7. The van der Waals surface area contributed by atoms with Crippen LogP contribution in [0.5, 0.6) is 17.2 Å². The second-order valence-corrected chi connectivity index (χ2v) is 6.80. The van der Waals surface area contributed by atoms with Gasteiger partial charge < -0.3 is 29.8 Å². The third-order valence-corrected chi connectivity index (χ3v) is 4.86. The molecule has 0 spiro atoms. The molecular formula is C21H22F3IN4O3. The lowest BCUT2D eigenvalue weighted by Gasteiger charge is -2.15. The lowest BCUT2D eigenvalue weighted by Crippen LogP contribution is -2.37. The summed E-state index contributed by atoms with van der Waals surface area (Å²) in [6.45, 7) is -2.18. The Morgan fingerprint density at radius 2 is 1.94 bits per heavy atom. The van der Waals surface area contributed by atoms with Crippen LogP contribution in [0.25, 0.3) is 10.9 Å². The highest BCUT2D eigenvalue weighted by Gasteiger charge is 2.20. The molecule has 7 nitrogen and oxygen atoms in total. The Balaban J connectivity index is 0.00000289. The highest BCUT2D eigenvalue weighted by molar-refractivity contribution is 14.0. The number of aromatic nitrogens is 1. The van der Waals surface area contributed by atoms with Crippen molar-refractivity contribution in [2.45, 2.75) is 19.6 Å². The molecule has 0 amide bonds. The van der Waals surface area contributed by atoms with Gasteiger partial charge >= 0.3 is 6.61 Å². The van der Waals surface area contributed by atoms with E-state index in [1.165, 1.54) is 18.2 Å². The summed E-state index contributed by atoms with van der Waals surface area (Å²) in [5.41, 5.74) is 2.26. The number of ether oxygens (including phenoxy) is 3. The maximum Gasteiger partial charge on any atom is 0.387 e. The number of nitrogens with one attached hydrogen (secondary N) is 3. The second kappa shape index (κ2) is 10.7. The van der Waals surface area contributed by atoms with Crippen molar-refractivity contribution < 1.29 is 27.4 Å². The van der Waals surface area contributed by atoms with E-state index in [1.54, 1.807) is 19.2 Å². The second-order valence-electron chi connectivity index (χ2n) is 6.80. The summed E-state index contributed by atoms with van der Waals surface area (Å²) in [7, 11) is 1.61. The number of guanidine groups is 1. The van der Waals surface area contributed by atoms with Crippen LogP contribution < -0.4 is 24.8 Å². The monoisotopic (exact) mass is 562 g/mol. The molecule has 32 heavy (non-hydrogen) atoms. The van der Waals surface area contributed by atoms with Crippen LogP contribution in [0.4, 0.5) is 13.2 Å². The van der Waals surface area contributed by atoms with E-state index in [-0.39, 0.29) is 48.9 Å². The van der Waals surface area contributed by atoms with Crippen LogP contribution in [0, 0.1) is 5.82 Å². The van der Waals surface area contributed by atoms with Crippen molar-refractivity contribution >= 4 is 40.8 Å². The molecule has 0 radical (unpaired) electrons. The topological polar surface area (TPSA) is 79.9 Å². The molecule has 3 aromatic rings. The van der Waals surface area contributed by atoms with Crippen molar-refractivity contribution in [3.63, 3.8) is 0 Å². The van der Waals surface area contributed by atoms with E-state index in [4.69, 9.17) is 9.47 Å². The first-order valence-corrected chi connectivity index (χ1v) is 9.61. The van der Waals surface area contributed by atoms with Crippen molar-refractivity contribution in [1.29, 1.82) is 0 Å². The minimum Gasteiger partial charge on any atom is -0.454 e. The summed E-state index contributed by atoms with van der Waals surface area (Å²) in [4.78, 5) is 7.21. The Kier molecular flexibility index (Phi) is 7.94. The van der Waals surface area contributed by atoms with Gasteiger partial charge in [0.1, 0.15) is 11.6 Å². The zero-order chi connectivity index (χ0) is 21.8. The quantitative estimate of drug-likeness (QED) is 0.229. The van der Waals surface area contributed by atoms with Gasteiger partial charge in [0, 0.05) is 48.9 Å². The minimum atomic E-state index is -2.96. The van der Waals surface area contributed by atoms with Gasteiger partial charge in [0.05, 0.1) is 0 Å². The Hall–Kier alpha value is -2.83. The fourth-order valence-electron chi connectivity index (χ4n) is 3.39. The largest absolute Gasteiger partial charge is 0.454 e. The van der Waals surface area contributed by atoms with Gasteiger partial charge in [-0.2, -0.15) is 8.78 Å². The number of hydrogen-bond donors (Lipinski definition) is 3. The number of fused-ring (bicyclic) bond motifs is 2. The first-order chi connectivity index (χ1) is 15.0. The van der Waals surface area contributed by atoms with Gasteiger partial charge in [0.25, 0.3) is 0 Å². The molecule has 3 N–H and O–H groups in total. The minimum absolute atomic E-state index is 0. The maximum absolute atomic E-state index is 13.3. The van der Waals surface area contributed by atoms with E-state index in [1.807, 2.05) is 6.20 Å². The predicted octanol–water partition coefficient (Wildman–Crippen LogP) is 4.16. The van der Waals surface area contributed by atoms with E-state index in [2.05, 4.69) is 25.3 Å². The third-order valence-electron chi connectivity index (χ3n) is 4.86. The van der Waals surface area contributed by atoms with Gasteiger partial charge in [0.15, 0.2) is 17.5 Å². The average Bonchev–Trinajstić information content (AvgIpc) is 3.36. The van der Waals surface area contributed by atoms with Crippen molar-refractivity contribution in [3.05, 3.63) is 53.5 Å². The highest BCUT2D eigenvalue weighted by atomic mass is 127. The Morgan fingerprint density at radius 3 is 2.69 bits per heavy atom. The fourth-order valence-corrected chi connectivity index (χ4v) is 3.39. The summed E-state index contributed by atoms with van der Waals surface area (Å²) < 4.78 is 54.0. The number of H-pyrrole nitrogens is 1. The molecule has 0 saturated carbocycles. The van der Waals surface area contributed by atoms with E-state index in [9.17, 15) is 13.2 Å². The molecular weight excluding hydrogens is 540 g/mol. The van der Waals surface area contributed by atoms with Gasteiger partial charge in [-0.25, -0.2) is 4.39 Å². The van der Waals surface area contributed by atoms with Crippen molar-refractivity contribution in [3.8, 4) is 17.2 Å². The van der Waals surface area contributed by atoms with Crippen LogP contribution in [-0.4, -0.2) is 37.9 Å². The van der Waals surface area contributed by atoms with Crippen LogP contribution in [0.2, 0.25) is 0 Å². The number of rotatable bonds is 7. The lowest BCUT2D eigenvalue weighted by molar-refractivity contribution is -0.0505. The van der Waals surface area contributed by atoms with Gasteiger partial charge in [-0.1, -0.05) is 0 Å². The van der Waals surface area contributed by atoms with Gasteiger partial charge in [-0.3, -0.25) is 4.99 Å². The van der Waals surface area contributed by atoms with Gasteiger partial charge in [-0.05, 0) is 36.2 Å². The summed E-state index contributed by atoms with van der Waals surface area (Å²) in [6, 6.07) is 7.62. The molecule has 0 saturated heterocycles. The number of nitrogens with zero attached hydrogens (tertiary/aromatic N) is 1. The molecule has 0 aliphatic carbocycles. The Morgan fingerprint density at radius 1 is 1.16 bits per heavy atom. The number of aromatic amines is 1. The van der Waals surface area contributed by atoms with Crippen LogP contribution in [0.3, 0.4) is 0 Å². The molecule has 2 heterocycles. The molecule has 0 bridgehead atoms. The summed E-state index contributed by atoms with van der Waals surface area (Å²) in [5.74, 6) is 1.04. The van der Waals surface area contributed by atoms with E-state index < -0.39 is 6.61 Å². The molecule has 1 aromatic heterocycles. The van der Waals surface area contributed by atoms with Crippen LogP contribution in [0.15, 0.2) is 41.5 Å². The molecule has 0 atom stereocenters. The molecule has 2 aromatic carbocycles. The van der Waals surface area contributed by atoms with Crippen LogP contribution >= 0.6 is 24.0 Å². The average molecular weight is 562 g/mol. The molecule has 1 aliphatic heterocycles. The number of aliphatic imine (C=N–C) groups is 1. The number of halogens is 4. The molecule has 4 rings (SSSR count). The Bertz CT molecular complexity index is 1110. The van der Waals surface area contributed by atoms with Crippen molar-refractivity contribution in [1.82, 2.24) is 15.6 Å². The van der Waals surface area contributed by atoms with Gasteiger partial charge in [0.2, 0.25) is 6.79 Å². The Labute approximate surface area is 199 Å². The predicted molar refractivity (Wildman–Crippen MR) is 125 cm³/mol. The van der Waals surface area contributed by atoms with Gasteiger partial charge in [-0.15, -0.1) is 24.0 Å². The summed E-state index contributed by atoms with van der Waals surface area (Å²) in [5, 5.41) is 7.21. The smallest absolute Gasteiger partial charge is 0.387 e. The third kappa shape index (κ3) is 5.50.